The van der Waals surface area contributed by atoms with Crippen molar-refractivity contribution in [3.8, 4) is 0 Å². The van der Waals surface area contributed by atoms with Crippen molar-refractivity contribution in [1.82, 2.24) is 5.32 Å². The number of aryl methyl sites for hydroxylation is 1. The van der Waals surface area contributed by atoms with Crippen molar-refractivity contribution in [3.05, 3.63) is 35.6 Å². The van der Waals surface area contributed by atoms with E-state index in [2.05, 4.69) is 5.32 Å². The molecular formula is C12H13NO2. The number of benzene rings is 1. The predicted molar refractivity (Wildman–Crippen MR) is 59.0 cm³/mol. The van der Waals surface area contributed by atoms with Crippen molar-refractivity contribution in [2.24, 2.45) is 0 Å². The Balaban J connectivity index is 2.42. The maximum Gasteiger partial charge on any atom is 0.287 e. The molecule has 3 nitrogen and oxygen atoms in total. The smallest absolute Gasteiger partial charge is 0.287 e. The normalized spacial score (nSPS) is 10.5. The molecule has 0 bridgehead atoms. The van der Waals surface area contributed by atoms with Gasteiger partial charge in [-0.3, -0.25) is 4.79 Å². The van der Waals surface area contributed by atoms with E-state index in [0.717, 1.165) is 16.5 Å². The van der Waals surface area contributed by atoms with E-state index in [9.17, 15) is 4.79 Å². The highest BCUT2D eigenvalue weighted by Crippen LogP contribution is 2.20. The van der Waals surface area contributed by atoms with Gasteiger partial charge in [-0.1, -0.05) is 12.1 Å². The Bertz CT molecular complexity index is 499. The van der Waals surface area contributed by atoms with Gasteiger partial charge in [0.1, 0.15) is 5.58 Å². The molecule has 0 aliphatic heterocycles. The van der Waals surface area contributed by atoms with Gasteiger partial charge in [0.15, 0.2) is 5.76 Å². The second-order valence-electron chi connectivity index (χ2n) is 3.51. The van der Waals surface area contributed by atoms with Crippen LogP contribution < -0.4 is 5.32 Å². The molecule has 1 N–H and O–H groups in total. The van der Waals surface area contributed by atoms with Gasteiger partial charge >= 0.3 is 0 Å². The van der Waals surface area contributed by atoms with Crippen LogP contribution in [0.1, 0.15) is 23.0 Å². The number of carbonyl (C=O) groups excluding carboxylic acids is 1. The van der Waals surface area contributed by atoms with E-state index in [4.69, 9.17) is 4.42 Å². The van der Waals surface area contributed by atoms with E-state index < -0.39 is 0 Å². The van der Waals surface area contributed by atoms with E-state index in [1.165, 1.54) is 0 Å². The first-order valence-electron chi connectivity index (χ1n) is 4.99. The van der Waals surface area contributed by atoms with Crippen molar-refractivity contribution in [2.75, 3.05) is 6.54 Å². The zero-order valence-electron chi connectivity index (χ0n) is 8.83. The molecule has 78 valence electrons. The number of fused-ring (bicyclic) bond motifs is 1. The molecule has 1 heterocycles. The highest BCUT2D eigenvalue weighted by Gasteiger charge is 2.10. The molecule has 0 fully saturated rings. The van der Waals surface area contributed by atoms with Crippen LogP contribution in [0, 0.1) is 6.92 Å². The van der Waals surface area contributed by atoms with Gasteiger partial charge in [-0.15, -0.1) is 0 Å². The molecule has 0 spiro atoms. The summed E-state index contributed by atoms with van der Waals surface area (Å²) in [5.74, 6) is 0.212. The quantitative estimate of drug-likeness (QED) is 0.814. The molecule has 1 amide bonds. The maximum atomic E-state index is 11.5. The van der Waals surface area contributed by atoms with Crippen LogP contribution in [-0.2, 0) is 0 Å². The molecule has 1 aromatic carbocycles. The third kappa shape index (κ3) is 1.86. The van der Waals surface area contributed by atoms with Crippen LogP contribution in [0.15, 0.2) is 28.7 Å². The summed E-state index contributed by atoms with van der Waals surface area (Å²) < 4.78 is 5.45. The summed E-state index contributed by atoms with van der Waals surface area (Å²) in [6.45, 7) is 4.48. The minimum atomic E-state index is -0.161. The number of furan rings is 1. The van der Waals surface area contributed by atoms with Crippen molar-refractivity contribution in [2.45, 2.75) is 13.8 Å². The number of nitrogens with one attached hydrogen (secondary N) is 1. The third-order valence-electron chi connectivity index (χ3n) is 2.24. The molecule has 2 rings (SSSR count). The lowest BCUT2D eigenvalue weighted by molar-refractivity contribution is 0.0930. The fraction of sp³-hybridized carbons (Fsp3) is 0.250. The largest absolute Gasteiger partial charge is 0.451 e. The molecule has 0 unspecified atom stereocenters. The fourth-order valence-electron chi connectivity index (χ4n) is 1.50. The molecule has 1 aromatic heterocycles. The van der Waals surface area contributed by atoms with Crippen molar-refractivity contribution >= 4 is 16.9 Å². The molecule has 2 aromatic rings. The average Bonchev–Trinajstić information content (AvgIpc) is 2.60. The molecule has 0 saturated carbocycles. The van der Waals surface area contributed by atoms with Crippen molar-refractivity contribution in [3.63, 3.8) is 0 Å². The summed E-state index contributed by atoms with van der Waals surface area (Å²) in [4.78, 5) is 11.5. The second kappa shape index (κ2) is 3.77. The van der Waals surface area contributed by atoms with Gasteiger partial charge in [-0.25, -0.2) is 0 Å². The van der Waals surface area contributed by atoms with Crippen LogP contribution in [0.3, 0.4) is 0 Å². The zero-order chi connectivity index (χ0) is 10.8. The number of rotatable bonds is 2. The summed E-state index contributed by atoms with van der Waals surface area (Å²) in [5.41, 5.74) is 1.88. The third-order valence-corrected chi connectivity index (χ3v) is 2.24. The van der Waals surface area contributed by atoms with Gasteiger partial charge in [0.05, 0.1) is 0 Å². The summed E-state index contributed by atoms with van der Waals surface area (Å²) in [5, 5.41) is 3.66. The monoisotopic (exact) mass is 203 g/mol. The van der Waals surface area contributed by atoms with Gasteiger partial charge in [-0.2, -0.15) is 0 Å². The highest BCUT2D eigenvalue weighted by molar-refractivity contribution is 5.96. The van der Waals surface area contributed by atoms with E-state index in [-0.39, 0.29) is 5.91 Å². The SMILES string of the molecule is CCNC(=O)c1cc2ccc(C)cc2o1. The van der Waals surface area contributed by atoms with E-state index in [0.29, 0.717) is 12.3 Å². The predicted octanol–water partition coefficient (Wildman–Crippen LogP) is 2.49. The lowest BCUT2D eigenvalue weighted by Gasteiger charge is -1.95. The Labute approximate surface area is 88.1 Å². The first-order valence-corrected chi connectivity index (χ1v) is 4.99. The first-order chi connectivity index (χ1) is 7.20. The number of hydrogen-bond donors (Lipinski definition) is 1. The number of amides is 1. The Hall–Kier alpha value is -1.77. The minimum absolute atomic E-state index is 0.161. The van der Waals surface area contributed by atoms with Gasteiger partial charge in [0.2, 0.25) is 0 Å². The summed E-state index contributed by atoms with van der Waals surface area (Å²) in [6.07, 6.45) is 0. The number of hydrogen-bond acceptors (Lipinski definition) is 2. The Morgan fingerprint density at radius 1 is 1.40 bits per heavy atom. The van der Waals surface area contributed by atoms with E-state index in [1.807, 2.05) is 32.0 Å². The van der Waals surface area contributed by atoms with Crippen LogP contribution >= 0.6 is 0 Å². The van der Waals surface area contributed by atoms with E-state index in [1.54, 1.807) is 6.07 Å². The van der Waals surface area contributed by atoms with Gasteiger partial charge in [0.25, 0.3) is 5.91 Å². The molecule has 0 atom stereocenters. The van der Waals surface area contributed by atoms with Crippen LogP contribution in [0.4, 0.5) is 0 Å². The molecule has 0 aliphatic rings. The standard InChI is InChI=1S/C12H13NO2/c1-3-13-12(14)11-7-9-5-4-8(2)6-10(9)15-11/h4-7H,3H2,1-2H3,(H,13,14). The average molecular weight is 203 g/mol. The molecule has 15 heavy (non-hydrogen) atoms. The Morgan fingerprint density at radius 3 is 2.93 bits per heavy atom. The fourth-order valence-corrected chi connectivity index (χ4v) is 1.50. The van der Waals surface area contributed by atoms with Gasteiger partial charge in [0, 0.05) is 11.9 Å². The Morgan fingerprint density at radius 2 is 2.20 bits per heavy atom. The second-order valence-corrected chi connectivity index (χ2v) is 3.51. The molecule has 3 heteroatoms. The van der Waals surface area contributed by atoms with Crippen LogP contribution in [0.2, 0.25) is 0 Å². The first kappa shape index (κ1) is 9.77. The summed E-state index contributed by atoms with van der Waals surface area (Å²) >= 11 is 0. The van der Waals surface area contributed by atoms with Crippen LogP contribution in [0.25, 0.3) is 11.0 Å². The van der Waals surface area contributed by atoms with Gasteiger partial charge in [-0.05, 0) is 31.5 Å². The topological polar surface area (TPSA) is 42.2 Å². The van der Waals surface area contributed by atoms with Gasteiger partial charge < -0.3 is 9.73 Å². The highest BCUT2D eigenvalue weighted by atomic mass is 16.3. The lowest BCUT2D eigenvalue weighted by Crippen LogP contribution is -2.21. The summed E-state index contributed by atoms with van der Waals surface area (Å²) in [7, 11) is 0. The van der Waals surface area contributed by atoms with Crippen molar-refractivity contribution < 1.29 is 9.21 Å². The zero-order valence-corrected chi connectivity index (χ0v) is 8.83. The van der Waals surface area contributed by atoms with Crippen LogP contribution in [0.5, 0.6) is 0 Å². The summed E-state index contributed by atoms with van der Waals surface area (Å²) in [6, 6.07) is 7.65. The minimum Gasteiger partial charge on any atom is -0.451 e. The molecule has 0 saturated heterocycles. The Kier molecular flexibility index (Phi) is 2.46. The molecule has 0 aliphatic carbocycles. The number of carbonyl (C=O) groups is 1. The molecular weight excluding hydrogens is 190 g/mol. The lowest BCUT2D eigenvalue weighted by atomic mass is 10.2. The maximum absolute atomic E-state index is 11.5. The van der Waals surface area contributed by atoms with Crippen molar-refractivity contribution in [1.29, 1.82) is 0 Å². The molecule has 0 radical (unpaired) electrons. The van der Waals surface area contributed by atoms with Crippen LogP contribution in [-0.4, -0.2) is 12.5 Å². The van der Waals surface area contributed by atoms with E-state index >= 15 is 0 Å².